The van der Waals surface area contributed by atoms with Gasteiger partial charge in [0.05, 0.1) is 27.2 Å². The van der Waals surface area contributed by atoms with Crippen LogP contribution in [0.2, 0.25) is 0 Å². The number of nitrogens with zero attached hydrogens (tertiary/aromatic N) is 3. The van der Waals surface area contributed by atoms with Gasteiger partial charge in [0.2, 0.25) is 27.7 Å². The molecule has 3 saturated carbocycles. The summed E-state index contributed by atoms with van der Waals surface area (Å²) >= 11 is 1.48. The maximum Gasteiger partial charge on any atom is 0.408 e. The van der Waals surface area contributed by atoms with Crippen LogP contribution in [-0.2, 0) is 33.9 Å². The molecule has 322 valence electrons. The fourth-order valence-corrected chi connectivity index (χ4v) is 11.0. The van der Waals surface area contributed by atoms with Gasteiger partial charge >= 0.3 is 6.09 Å². The number of allylic oxidation sites excluding steroid dienone is 1. The largest absolute Gasteiger partial charge is 0.470 e. The van der Waals surface area contributed by atoms with Gasteiger partial charge in [0, 0.05) is 26.1 Å². The number of fused-ring (bicyclic) bond motifs is 3. The Hall–Kier alpha value is -4.61. The Labute approximate surface area is 354 Å². The highest BCUT2D eigenvalue weighted by atomic mass is 32.2. The van der Waals surface area contributed by atoms with Crippen molar-refractivity contribution in [3.8, 4) is 16.5 Å². The number of thiophene rings is 1. The van der Waals surface area contributed by atoms with E-state index in [0.29, 0.717) is 68.3 Å². The lowest BCUT2D eigenvalue weighted by Gasteiger charge is -2.34. The minimum Gasteiger partial charge on any atom is -0.470 e. The maximum atomic E-state index is 15.2. The van der Waals surface area contributed by atoms with Gasteiger partial charge in [0.1, 0.15) is 35.5 Å². The molecule has 0 bridgehead atoms. The molecule has 15 nitrogen and oxygen atoms in total. The van der Waals surface area contributed by atoms with Crippen LogP contribution in [0.15, 0.2) is 53.9 Å². The Balaban J connectivity index is 1.17. The van der Waals surface area contributed by atoms with Crippen molar-refractivity contribution in [1.82, 2.24) is 30.2 Å². The zero-order valence-corrected chi connectivity index (χ0v) is 35.5. The predicted octanol–water partition coefficient (Wildman–Crippen LogP) is 5.54. The van der Waals surface area contributed by atoms with Gasteiger partial charge in [-0.05, 0) is 101 Å². The molecule has 8 rings (SSSR count). The van der Waals surface area contributed by atoms with Crippen LogP contribution in [0.4, 0.5) is 4.79 Å². The average Bonchev–Trinajstić information content (AvgIpc) is 4.00. The normalized spacial score (nSPS) is 28.1. The number of alkyl carbamates (subject to hydrolysis) is 1. The second-order valence-electron chi connectivity index (χ2n) is 16.7. The molecule has 4 unspecified atom stereocenters. The van der Waals surface area contributed by atoms with E-state index in [1.54, 1.807) is 7.11 Å². The van der Waals surface area contributed by atoms with Gasteiger partial charge in [-0.25, -0.2) is 23.2 Å². The molecule has 6 atom stereocenters. The number of hydrogen-bond acceptors (Lipinski definition) is 12. The summed E-state index contributed by atoms with van der Waals surface area (Å²) in [5, 5.41) is 7.15. The molecule has 2 aliphatic heterocycles. The summed E-state index contributed by atoms with van der Waals surface area (Å²) in [4.78, 5) is 69.8. The number of amides is 4. The summed E-state index contributed by atoms with van der Waals surface area (Å²) < 4.78 is 46.4. The van der Waals surface area contributed by atoms with Crippen molar-refractivity contribution in [1.29, 1.82) is 0 Å². The Morgan fingerprint density at radius 3 is 2.48 bits per heavy atom. The number of aromatic nitrogens is 2. The molecule has 4 heterocycles. The lowest BCUT2D eigenvalue weighted by atomic mass is 10.0. The van der Waals surface area contributed by atoms with Crippen LogP contribution < -0.4 is 20.1 Å². The standard InChI is InChI=1S/C43H54N6O9S2/c1-56-23-11-19-33-35(58-39-37(36-20-12-24-59-36)44-30-16-9-10-17-31(30)45-39)25-34-38(50)47-43(41(52)48-60(54,55)29-21-22-29)26-27(43)13-5-3-2-4-6-18-32(40(51)49(33)34)46-42(53)57-28-14-7-8-15-28/h5,9-10,12-13,16-17,20,24,27-29,32-35H,2-4,6-8,11,14-15,18-19,21-23,25-26H2,1H3,(H,46,53)(H,47,50)(H,48,52)/b13-5-/t27?,32?,33-,34?,35+,43?/m0/s1. The minimum atomic E-state index is -3.92. The topological polar surface area (TPSA) is 195 Å². The number of nitrogens with one attached hydrogen (secondary N) is 3. The molecule has 3 aliphatic carbocycles. The highest BCUT2D eigenvalue weighted by Gasteiger charge is 2.62. The molecular weight excluding hydrogens is 809 g/mol. The quantitative estimate of drug-likeness (QED) is 0.153. The van der Waals surface area contributed by atoms with Crippen LogP contribution in [0.1, 0.15) is 96.3 Å². The number of methoxy groups -OCH3 is 1. The molecule has 4 fully saturated rings. The Bertz CT molecular complexity index is 2190. The number of carbonyl (C=O) groups is 4. The van der Waals surface area contributed by atoms with Crippen molar-refractivity contribution in [2.75, 3.05) is 13.7 Å². The van der Waals surface area contributed by atoms with Crippen molar-refractivity contribution in [2.45, 2.75) is 137 Å². The highest BCUT2D eigenvalue weighted by molar-refractivity contribution is 7.91. The molecule has 2 aromatic heterocycles. The van der Waals surface area contributed by atoms with E-state index in [0.717, 1.165) is 43.4 Å². The summed E-state index contributed by atoms with van der Waals surface area (Å²) in [5.41, 5.74) is 0.275. The zero-order valence-electron chi connectivity index (χ0n) is 33.9. The van der Waals surface area contributed by atoms with E-state index in [-0.39, 0.29) is 24.8 Å². The van der Waals surface area contributed by atoms with E-state index in [9.17, 15) is 22.8 Å². The van der Waals surface area contributed by atoms with E-state index in [2.05, 4.69) is 15.4 Å². The number of carbonyl (C=O) groups excluding carboxylic acids is 4. The number of ether oxygens (including phenoxy) is 3. The third kappa shape index (κ3) is 9.32. The summed E-state index contributed by atoms with van der Waals surface area (Å²) in [7, 11) is -2.33. The average molecular weight is 863 g/mol. The van der Waals surface area contributed by atoms with Gasteiger partial charge in [0.25, 0.3) is 5.91 Å². The van der Waals surface area contributed by atoms with Crippen LogP contribution >= 0.6 is 11.3 Å². The van der Waals surface area contributed by atoms with Crippen molar-refractivity contribution >= 4 is 56.2 Å². The third-order valence-corrected chi connectivity index (χ3v) is 15.1. The molecular formula is C43H54N6O9S2. The lowest BCUT2D eigenvalue weighted by molar-refractivity contribution is -0.143. The van der Waals surface area contributed by atoms with E-state index in [4.69, 9.17) is 24.2 Å². The fourth-order valence-electron chi connectivity index (χ4n) is 8.91. The maximum absolute atomic E-state index is 15.2. The first-order valence-corrected chi connectivity index (χ1v) is 23.8. The molecule has 1 saturated heterocycles. The van der Waals surface area contributed by atoms with Crippen LogP contribution in [0.3, 0.4) is 0 Å². The molecule has 1 aromatic carbocycles. The van der Waals surface area contributed by atoms with E-state index in [1.807, 2.05) is 53.9 Å². The van der Waals surface area contributed by atoms with Crippen LogP contribution in [0, 0.1) is 5.92 Å². The Kier molecular flexibility index (Phi) is 12.7. The van der Waals surface area contributed by atoms with Crippen LogP contribution in [-0.4, -0.2) is 102 Å². The summed E-state index contributed by atoms with van der Waals surface area (Å²) in [6.45, 7) is 0.375. The van der Waals surface area contributed by atoms with E-state index < -0.39 is 74.8 Å². The molecule has 4 amide bonds. The first kappa shape index (κ1) is 42.1. The number of sulfonamides is 1. The first-order chi connectivity index (χ1) is 29.1. The zero-order chi connectivity index (χ0) is 41.9. The first-order valence-electron chi connectivity index (χ1n) is 21.4. The summed E-state index contributed by atoms with van der Waals surface area (Å²) in [6.07, 6.45) is 10.9. The van der Waals surface area contributed by atoms with Gasteiger partial charge in [0.15, 0.2) is 0 Å². The monoisotopic (exact) mass is 862 g/mol. The van der Waals surface area contributed by atoms with Gasteiger partial charge < -0.3 is 29.7 Å². The van der Waals surface area contributed by atoms with Gasteiger partial charge in [-0.1, -0.05) is 43.2 Å². The van der Waals surface area contributed by atoms with Crippen molar-refractivity contribution < 1.29 is 41.8 Å². The number of hydrogen-bond donors (Lipinski definition) is 3. The number of rotatable bonds is 12. The SMILES string of the molecule is COCCC[C@H]1[C@H](Oc2nc3ccccc3nc2-c2cccs2)CC2C(=O)NC3(C(=O)NS(=O)(=O)C4CC4)CC3/C=C\CCCCCC(NC(=O)OC3CCCC3)C(=O)N21. The highest BCUT2D eigenvalue weighted by Crippen LogP contribution is 2.46. The lowest BCUT2D eigenvalue weighted by Crippen LogP contribution is -2.59. The second-order valence-corrected chi connectivity index (χ2v) is 19.6. The smallest absolute Gasteiger partial charge is 0.408 e. The Morgan fingerprint density at radius 2 is 1.75 bits per heavy atom. The molecule has 3 aromatic rings. The van der Waals surface area contributed by atoms with E-state index >= 15 is 4.79 Å². The second kappa shape index (κ2) is 18.2. The fraction of sp³-hybridized carbons (Fsp3) is 0.581. The van der Waals surface area contributed by atoms with Crippen LogP contribution in [0.5, 0.6) is 5.88 Å². The van der Waals surface area contributed by atoms with E-state index in [1.165, 1.54) is 16.2 Å². The predicted molar refractivity (Wildman–Crippen MR) is 224 cm³/mol. The molecule has 60 heavy (non-hydrogen) atoms. The molecule has 3 N–H and O–H groups in total. The number of benzene rings is 1. The van der Waals surface area contributed by atoms with Crippen molar-refractivity contribution in [3.63, 3.8) is 0 Å². The van der Waals surface area contributed by atoms with Gasteiger partial charge in [-0.2, -0.15) is 0 Å². The van der Waals surface area contributed by atoms with Gasteiger partial charge in [-0.3, -0.25) is 19.1 Å². The molecule has 17 heteroatoms. The van der Waals surface area contributed by atoms with Crippen molar-refractivity contribution in [3.05, 3.63) is 53.9 Å². The molecule has 0 spiro atoms. The third-order valence-electron chi connectivity index (χ3n) is 12.4. The van der Waals surface area contributed by atoms with Gasteiger partial charge in [-0.15, -0.1) is 11.3 Å². The summed E-state index contributed by atoms with van der Waals surface area (Å²) in [6, 6.07) is 8.42. The Morgan fingerprint density at radius 1 is 0.983 bits per heavy atom. The summed E-state index contributed by atoms with van der Waals surface area (Å²) in [5.74, 6) is -2.08. The molecule has 5 aliphatic rings. The number of para-hydroxylation sites is 2. The minimum absolute atomic E-state index is 0.0193. The van der Waals surface area contributed by atoms with Crippen LogP contribution in [0.25, 0.3) is 21.6 Å². The molecule has 0 radical (unpaired) electrons. The van der Waals surface area contributed by atoms with Crippen molar-refractivity contribution in [2.24, 2.45) is 5.92 Å².